The van der Waals surface area contributed by atoms with Crippen molar-refractivity contribution in [1.82, 2.24) is 0 Å². The first-order valence-corrected chi connectivity index (χ1v) is 7.06. The predicted octanol–water partition coefficient (Wildman–Crippen LogP) is 3.36. The summed E-state index contributed by atoms with van der Waals surface area (Å²) in [4.78, 5) is 11.8. The molecule has 5 nitrogen and oxygen atoms in total. The number of carbonyl (C=O) groups excluding carboxylic acids is 1. The number of hydrogen-bond acceptors (Lipinski definition) is 4. The first kappa shape index (κ1) is 17.3. The summed E-state index contributed by atoms with van der Waals surface area (Å²) >= 11 is 0. The molecule has 1 rings (SSSR count). The Morgan fingerprint density at radius 2 is 2.05 bits per heavy atom. The lowest BCUT2D eigenvalue weighted by Crippen LogP contribution is -2.27. The van der Waals surface area contributed by atoms with Crippen molar-refractivity contribution in [2.75, 3.05) is 12.4 Å². The second kappa shape index (κ2) is 7.31. The van der Waals surface area contributed by atoms with Crippen LogP contribution in [0.5, 0.6) is 5.75 Å². The van der Waals surface area contributed by atoms with Crippen molar-refractivity contribution >= 4 is 11.8 Å². The molecule has 0 radical (unpaired) electrons. The van der Waals surface area contributed by atoms with Gasteiger partial charge >= 0.3 is 6.09 Å². The highest BCUT2D eigenvalue weighted by molar-refractivity contribution is 5.87. The molecule has 0 fully saturated rings. The zero-order valence-electron chi connectivity index (χ0n) is 13.4. The van der Waals surface area contributed by atoms with Crippen LogP contribution in [0.25, 0.3) is 0 Å². The normalized spacial score (nSPS) is 12.7. The third-order valence-corrected chi connectivity index (χ3v) is 2.75. The lowest BCUT2D eigenvalue weighted by atomic mass is 10.1. The SMILES string of the molecule is COc1cc(CCC(C)O)ccc1NC(=O)OC(C)(C)C. The van der Waals surface area contributed by atoms with Crippen LogP contribution in [0.4, 0.5) is 10.5 Å². The first-order chi connectivity index (χ1) is 9.71. The van der Waals surface area contributed by atoms with Gasteiger partial charge in [-0.1, -0.05) is 6.07 Å². The van der Waals surface area contributed by atoms with Gasteiger partial charge in [-0.25, -0.2) is 4.79 Å². The molecule has 1 unspecified atom stereocenters. The molecule has 118 valence electrons. The van der Waals surface area contributed by atoms with Crippen LogP contribution in [0.15, 0.2) is 18.2 Å². The van der Waals surface area contributed by atoms with Gasteiger partial charge in [0.15, 0.2) is 0 Å². The average molecular weight is 295 g/mol. The van der Waals surface area contributed by atoms with Gasteiger partial charge < -0.3 is 14.6 Å². The van der Waals surface area contributed by atoms with Gasteiger partial charge in [-0.15, -0.1) is 0 Å². The Bertz CT molecular complexity index is 478. The molecular formula is C16H25NO4. The van der Waals surface area contributed by atoms with Gasteiger partial charge in [0.2, 0.25) is 0 Å². The Labute approximate surface area is 126 Å². The van der Waals surface area contributed by atoms with Crippen LogP contribution in [0.3, 0.4) is 0 Å². The number of hydrogen-bond donors (Lipinski definition) is 2. The Morgan fingerprint density at radius 1 is 1.38 bits per heavy atom. The van der Waals surface area contributed by atoms with E-state index in [0.29, 0.717) is 17.9 Å². The molecular weight excluding hydrogens is 270 g/mol. The zero-order valence-corrected chi connectivity index (χ0v) is 13.4. The van der Waals surface area contributed by atoms with Crippen molar-refractivity contribution in [3.05, 3.63) is 23.8 Å². The van der Waals surface area contributed by atoms with E-state index >= 15 is 0 Å². The smallest absolute Gasteiger partial charge is 0.412 e. The number of anilines is 1. The van der Waals surface area contributed by atoms with Crippen molar-refractivity contribution in [3.8, 4) is 5.75 Å². The molecule has 0 heterocycles. The van der Waals surface area contributed by atoms with Gasteiger partial charge in [-0.05, 0) is 58.2 Å². The number of rotatable bonds is 5. The molecule has 0 aromatic heterocycles. The van der Waals surface area contributed by atoms with Gasteiger partial charge in [0.05, 0.1) is 18.9 Å². The fourth-order valence-corrected chi connectivity index (χ4v) is 1.78. The molecule has 2 N–H and O–H groups in total. The summed E-state index contributed by atoms with van der Waals surface area (Å²) in [5.41, 5.74) is 1.06. The van der Waals surface area contributed by atoms with E-state index in [1.54, 1.807) is 20.1 Å². The maximum absolute atomic E-state index is 11.8. The third-order valence-electron chi connectivity index (χ3n) is 2.75. The maximum Gasteiger partial charge on any atom is 0.412 e. The second-order valence-electron chi connectivity index (χ2n) is 6.05. The molecule has 21 heavy (non-hydrogen) atoms. The zero-order chi connectivity index (χ0) is 16.0. The van der Waals surface area contributed by atoms with Crippen LogP contribution in [0.2, 0.25) is 0 Å². The quantitative estimate of drug-likeness (QED) is 0.874. The molecule has 0 saturated heterocycles. The van der Waals surface area contributed by atoms with E-state index in [1.165, 1.54) is 0 Å². The Kier molecular flexibility index (Phi) is 6.03. The molecule has 5 heteroatoms. The standard InChI is InChI=1S/C16H25NO4/c1-11(18)6-7-12-8-9-13(14(10-12)20-5)17-15(19)21-16(2,3)4/h8-11,18H,6-7H2,1-5H3,(H,17,19). The van der Waals surface area contributed by atoms with E-state index in [1.807, 2.05) is 32.9 Å². The number of amides is 1. The lowest BCUT2D eigenvalue weighted by molar-refractivity contribution is 0.0635. The van der Waals surface area contributed by atoms with Crippen LogP contribution in [-0.2, 0) is 11.2 Å². The van der Waals surface area contributed by atoms with Crippen LogP contribution in [0, 0.1) is 0 Å². The molecule has 0 aliphatic heterocycles. The molecule has 1 aromatic carbocycles. The molecule has 1 amide bonds. The number of ether oxygens (including phenoxy) is 2. The van der Waals surface area contributed by atoms with Crippen LogP contribution in [0.1, 0.15) is 39.7 Å². The predicted molar refractivity (Wildman–Crippen MR) is 82.9 cm³/mol. The average Bonchev–Trinajstić information content (AvgIpc) is 2.35. The van der Waals surface area contributed by atoms with E-state index < -0.39 is 11.7 Å². The van der Waals surface area contributed by atoms with Crippen LogP contribution >= 0.6 is 0 Å². The van der Waals surface area contributed by atoms with Crippen molar-refractivity contribution < 1.29 is 19.4 Å². The van der Waals surface area contributed by atoms with E-state index in [2.05, 4.69) is 5.32 Å². The maximum atomic E-state index is 11.8. The number of benzene rings is 1. The monoisotopic (exact) mass is 295 g/mol. The molecule has 0 bridgehead atoms. The fourth-order valence-electron chi connectivity index (χ4n) is 1.78. The first-order valence-electron chi connectivity index (χ1n) is 7.06. The van der Waals surface area contributed by atoms with Crippen LogP contribution in [-0.4, -0.2) is 30.0 Å². The number of methoxy groups -OCH3 is 1. The minimum absolute atomic E-state index is 0.337. The second-order valence-corrected chi connectivity index (χ2v) is 6.05. The van der Waals surface area contributed by atoms with Crippen molar-refractivity contribution in [1.29, 1.82) is 0 Å². The fraction of sp³-hybridized carbons (Fsp3) is 0.562. The summed E-state index contributed by atoms with van der Waals surface area (Å²) in [6.07, 6.45) is 0.580. The number of aliphatic hydroxyl groups is 1. The largest absolute Gasteiger partial charge is 0.495 e. The van der Waals surface area contributed by atoms with Crippen molar-refractivity contribution in [2.45, 2.75) is 52.2 Å². The van der Waals surface area contributed by atoms with E-state index in [-0.39, 0.29) is 6.10 Å². The van der Waals surface area contributed by atoms with Crippen molar-refractivity contribution in [2.24, 2.45) is 0 Å². The topological polar surface area (TPSA) is 67.8 Å². The third kappa shape index (κ3) is 6.49. The summed E-state index contributed by atoms with van der Waals surface area (Å²) in [6.45, 7) is 7.19. The summed E-state index contributed by atoms with van der Waals surface area (Å²) < 4.78 is 10.5. The van der Waals surface area contributed by atoms with Crippen LogP contribution < -0.4 is 10.1 Å². The highest BCUT2D eigenvalue weighted by Gasteiger charge is 2.17. The van der Waals surface area contributed by atoms with Gasteiger partial charge in [0, 0.05) is 0 Å². The highest BCUT2D eigenvalue weighted by atomic mass is 16.6. The number of nitrogens with one attached hydrogen (secondary N) is 1. The minimum atomic E-state index is -0.547. The summed E-state index contributed by atoms with van der Waals surface area (Å²) in [5.74, 6) is 0.573. The van der Waals surface area contributed by atoms with E-state index in [4.69, 9.17) is 9.47 Å². The summed E-state index contributed by atoms with van der Waals surface area (Å²) in [6, 6.07) is 5.53. The Balaban J connectivity index is 2.77. The van der Waals surface area contributed by atoms with Gasteiger partial charge in [0.25, 0.3) is 0 Å². The minimum Gasteiger partial charge on any atom is -0.495 e. The molecule has 1 aromatic rings. The molecule has 0 saturated carbocycles. The Hall–Kier alpha value is -1.75. The Morgan fingerprint density at radius 3 is 2.57 bits per heavy atom. The van der Waals surface area contributed by atoms with E-state index in [0.717, 1.165) is 12.0 Å². The molecule has 1 atom stereocenters. The number of aliphatic hydroxyl groups excluding tert-OH is 1. The number of aryl methyl sites for hydroxylation is 1. The molecule has 0 spiro atoms. The van der Waals surface area contributed by atoms with Gasteiger partial charge in [-0.2, -0.15) is 0 Å². The summed E-state index contributed by atoms with van der Waals surface area (Å²) in [5, 5.41) is 12.0. The highest BCUT2D eigenvalue weighted by Crippen LogP contribution is 2.27. The number of carbonyl (C=O) groups is 1. The van der Waals surface area contributed by atoms with E-state index in [9.17, 15) is 9.90 Å². The summed E-state index contributed by atoms with van der Waals surface area (Å²) in [7, 11) is 1.55. The van der Waals surface area contributed by atoms with Gasteiger partial charge in [-0.3, -0.25) is 5.32 Å². The van der Waals surface area contributed by atoms with Crippen molar-refractivity contribution in [3.63, 3.8) is 0 Å². The lowest BCUT2D eigenvalue weighted by Gasteiger charge is -2.20. The van der Waals surface area contributed by atoms with Gasteiger partial charge in [0.1, 0.15) is 11.4 Å². The molecule has 0 aliphatic carbocycles. The molecule has 0 aliphatic rings.